The maximum absolute atomic E-state index is 11.5. The zero-order chi connectivity index (χ0) is 12.1. The van der Waals surface area contributed by atoms with Gasteiger partial charge in [-0.05, 0) is 24.2 Å². The van der Waals surface area contributed by atoms with Gasteiger partial charge in [-0.15, -0.1) is 0 Å². The maximum Gasteiger partial charge on any atom is 0.306 e. The second-order valence-corrected chi connectivity index (χ2v) is 5.72. The number of carbonyl (C=O) groups excluding carboxylic acids is 1. The molecular weight excluding hydrogens is 188 g/mol. The van der Waals surface area contributed by atoms with E-state index in [4.69, 9.17) is 4.74 Å². The van der Waals surface area contributed by atoms with Crippen molar-refractivity contribution in [2.24, 2.45) is 11.3 Å². The first kappa shape index (κ1) is 14.5. The molecule has 0 bridgehead atoms. The van der Waals surface area contributed by atoms with Crippen LogP contribution >= 0.6 is 0 Å². The van der Waals surface area contributed by atoms with Crippen molar-refractivity contribution < 1.29 is 9.53 Å². The molecule has 15 heavy (non-hydrogen) atoms. The van der Waals surface area contributed by atoms with Crippen LogP contribution in [0.1, 0.15) is 60.8 Å². The summed E-state index contributed by atoms with van der Waals surface area (Å²) in [7, 11) is 0. The lowest BCUT2D eigenvalue weighted by molar-refractivity contribution is -0.155. The van der Waals surface area contributed by atoms with Crippen LogP contribution in [0.4, 0.5) is 0 Å². The zero-order valence-electron chi connectivity index (χ0n) is 11.1. The van der Waals surface area contributed by atoms with Crippen LogP contribution in [0.15, 0.2) is 0 Å². The highest BCUT2D eigenvalue weighted by molar-refractivity contribution is 5.69. The lowest BCUT2D eigenvalue weighted by Crippen LogP contribution is -2.32. The highest BCUT2D eigenvalue weighted by Gasteiger charge is 2.28. The molecule has 2 nitrogen and oxygen atoms in total. The Kier molecular flexibility index (Phi) is 5.92. The monoisotopic (exact) mass is 214 g/mol. The van der Waals surface area contributed by atoms with Crippen LogP contribution in [0.5, 0.6) is 0 Å². The van der Waals surface area contributed by atoms with E-state index in [0.29, 0.717) is 12.3 Å². The molecule has 0 saturated carbocycles. The molecule has 0 heterocycles. The average Bonchev–Trinajstić information content (AvgIpc) is 2.00. The Bertz CT molecular complexity index is 189. The van der Waals surface area contributed by atoms with E-state index in [2.05, 4.69) is 34.6 Å². The quantitative estimate of drug-likeness (QED) is 0.651. The number of ether oxygens (including phenoxy) is 1. The highest BCUT2D eigenvalue weighted by atomic mass is 16.5. The molecule has 0 aliphatic heterocycles. The first-order valence-corrected chi connectivity index (χ1v) is 5.96. The number of carbonyl (C=O) groups is 1. The molecule has 0 radical (unpaired) electrons. The SMILES string of the molecule is CCCC(=O)OC(CC(C)C)C(C)(C)C. The van der Waals surface area contributed by atoms with Gasteiger partial charge in [0.1, 0.15) is 6.10 Å². The Morgan fingerprint density at radius 3 is 2.13 bits per heavy atom. The van der Waals surface area contributed by atoms with Crippen molar-refractivity contribution in [3.8, 4) is 0 Å². The van der Waals surface area contributed by atoms with Gasteiger partial charge >= 0.3 is 5.97 Å². The Labute approximate surface area is 94.4 Å². The van der Waals surface area contributed by atoms with Crippen molar-refractivity contribution in [1.82, 2.24) is 0 Å². The molecule has 0 aromatic carbocycles. The fourth-order valence-electron chi connectivity index (χ4n) is 1.43. The fraction of sp³-hybridized carbons (Fsp3) is 0.923. The van der Waals surface area contributed by atoms with Crippen molar-refractivity contribution in [3.63, 3.8) is 0 Å². The van der Waals surface area contributed by atoms with E-state index < -0.39 is 0 Å². The summed E-state index contributed by atoms with van der Waals surface area (Å²) in [6.45, 7) is 12.7. The third-order valence-electron chi connectivity index (χ3n) is 2.38. The molecule has 0 rings (SSSR count). The normalized spacial score (nSPS) is 14.1. The molecule has 0 spiro atoms. The van der Waals surface area contributed by atoms with E-state index >= 15 is 0 Å². The standard InChI is InChI=1S/C13H26O2/c1-7-8-12(14)15-11(9-10(2)3)13(4,5)6/h10-11H,7-9H2,1-6H3. The zero-order valence-corrected chi connectivity index (χ0v) is 11.1. The van der Waals surface area contributed by atoms with Crippen LogP contribution in [0.3, 0.4) is 0 Å². The Balaban J connectivity index is 4.32. The van der Waals surface area contributed by atoms with E-state index in [1.165, 1.54) is 0 Å². The van der Waals surface area contributed by atoms with Gasteiger partial charge in [-0.25, -0.2) is 0 Å². The summed E-state index contributed by atoms with van der Waals surface area (Å²) in [4.78, 5) is 11.5. The van der Waals surface area contributed by atoms with Gasteiger partial charge in [0.15, 0.2) is 0 Å². The lowest BCUT2D eigenvalue weighted by atomic mass is 9.84. The summed E-state index contributed by atoms with van der Waals surface area (Å²) < 4.78 is 5.53. The van der Waals surface area contributed by atoms with Gasteiger partial charge in [0.05, 0.1) is 0 Å². The van der Waals surface area contributed by atoms with Gasteiger partial charge in [-0.3, -0.25) is 4.79 Å². The summed E-state index contributed by atoms with van der Waals surface area (Å²) in [6, 6.07) is 0. The largest absolute Gasteiger partial charge is 0.462 e. The third-order valence-corrected chi connectivity index (χ3v) is 2.38. The van der Waals surface area contributed by atoms with Crippen LogP contribution in [0.2, 0.25) is 0 Å². The predicted octanol–water partition coefficient (Wildman–Crippen LogP) is 3.79. The van der Waals surface area contributed by atoms with Gasteiger partial charge in [0, 0.05) is 6.42 Å². The smallest absolute Gasteiger partial charge is 0.306 e. The molecule has 0 aromatic rings. The minimum atomic E-state index is -0.0573. The molecule has 0 aliphatic rings. The summed E-state index contributed by atoms with van der Waals surface area (Å²) >= 11 is 0. The molecule has 2 heteroatoms. The average molecular weight is 214 g/mol. The first-order valence-electron chi connectivity index (χ1n) is 5.96. The molecule has 1 unspecified atom stereocenters. The van der Waals surface area contributed by atoms with Gasteiger partial charge < -0.3 is 4.74 Å². The summed E-state index contributed by atoms with van der Waals surface area (Å²) in [5, 5.41) is 0. The predicted molar refractivity (Wildman–Crippen MR) is 63.7 cm³/mol. The number of rotatable bonds is 5. The van der Waals surface area contributed by atoms with Gasteiger partial charge in [-0.1, -0.05) is 41.5 Å². The van der Waals surface area contributed by atoms with Crippen LogP contribution in [0.25, 0.3) is 0 Å². The Morgan fingerprint density at radius 1 is 1.27 bits per heavy atom. The molecule has 0 aliphatic carbocycles. The topological polar surface area (TPSA) is 26.3 Å². The summed E-state index contributed by atoms with van der Waals surface area (Å²) in [5.41, 5.74) is 0.0354. The molecule has 1 atom stereocenters. The van der Waals surface area contributed by atoms with Crippen molar-refractivity contribution in [2.45, 2.75) is 66.9 Å². The van der Waals surface area contributed by atoms with Crippen molar-refractivity contribution in [1.29, 1.82) is 0 Å². The molecule has 0 aromatic heterocycles. The molecule has 0 N–H and O–H groups in total. The molecule has 0 fully saturated rings. The number of esters is 1. The number of hydrogen-bond donors (Lipinski definition) is 0. The second kappa shape index (κ2) is 6.14. The van der Waals surface area contributed by atoms with E-state index in [0.717, 1.165) is 12.8 Å². The Hall–Kier alpha value is -0.530. The van der Waals surface area contributed by atoms with Crippen LogP contribution < -0.4 is 0 Å². The van der Waals surface area contributed by atoms with Crippen molar-refractivity contribution in [3.05, 3.63) is 0 Å². The minimum Gasteiger partial charge on any atom is -0.462 e. The van der Waals surface area contributed by atoms with E-state index in [1.54, 1.807) is 0 Å². The third kappa shape index (κ3) is 6.53. The van der Waals surface area contributed by atoms with E-state index in [1.807, 2.05) is 6.92 Å². The van der Waals surface area contributed by atoms with Crippen molar-refractivity contribution in [2.75, 3.05) is 0 Å². The minimum absolute atomic E-state index is 0.0354. The second-order valence-electron chi connectivity index (χ2n) is 5.72. The maximum atomic E-state index is 11.5. The Morgan fingerprint density at radius 2 is 1.80 bits per heavy atom. The lowest BCUT2D eigenvalue weighted by Gasteiger charge is -2.31. The van der Waals surface area contributed by atoms with Crippen LogP contribution in [-0.2, 0) is 9.53 Å². The number of hydrogen-bond acceptors (Lipinski definition) is 2. The van der Waals surface area contributed by atoms with Crippen molar-refractivity contribution >= 4 is 5.97 Å². The first-order chi connectivity index (χ1) is 6.77. The molecular formula is C13H26O2. The highest BCUT2D eigenvalue weighted by Crippen LogP contribution is 2.28. The molecule has 90 valence electrons. The van der Waals surface area contributed by atoms with Gasteiger partial charge in [-0.2, -0.15) is 0 Å². The summed E-state index contributed by atoms with van der Waals surface area (Å²) in [6.07, 6.45) is 2.37. The van der Waals surface area contributed by atoms with E-state index in [9.17, 15) is 4.79 Å². The van der Waals surface area contributed by atoms with E-state index in [-0.39, 0.29) is 17.5 Å². The summed E-state index contributed by atoms with van der Waals surface area (Å²) in [5.74, 6) is 0.502. The van der Waals surface area contributed by atoms with Crippen LogP contribution in [-0.4, -0.2) is 12.1 Å². The molecule has 0 saturated heterocycles. The van der Waals surface area contributed by atoms with Gasteiger partial charge in [0.25, 0.3) is 0 Å². The molecule has 0 amide bonds. The fourth-order valence-corrected chi connectivity index (χ4v) is 1.43. The van der Waals surface area contributed by atoms with Gasteiger partial charge in [0.2, 0.25) is 0 Å². The van der Waals surface area contributed by atoms with Crippen LogP contribution in [0, 0.1) is 11.3 Å².